The van der Waals surface area contributed by atoms with Crippen molar-refractivity contribution in [3.63, 3.8) is 0 Å². The fraction of sp³-hybridized carbons (Fsp3) is 0. The molecule has 2 N–H and O–H groups in total. The number of rotatable bonds is 0. The Kier molecular flexibility index (Phi) is 1.70. The summed E-state index contributed by atoms with van der Waals surface area (Å²) in [5.74, 6) is -1.04. The SMILES string of the molecule is Cl.O=C1Nc2cc[nH]c2C1=O. The molecule has 1 aliphatic heterocycles. The topological polar surface area (TPSA) is 62.0 Å². The summed E-state index contributed by atoms with van der Waals surface area (Å²) in [5, 5.41) is 2.41. The molecule has 0 atom stereocenters. The molecule has 2 rings (SSSR count). The highest BCUT2D eigenvalue weighted by Crippen LogP contribution is 2.19. The molecular formula is C6H5ClN2O2. The van der Waals surface area contributed by atoms with Gasteiger partial charge in [0.2, 0.25) is 0 Å². The first kappa shape index (κ1) is 7.81. The van der Waals surface area contributed by atoms with Crippen LogP contribution in [-0.2, 0) is 4.79 Å². The van der Waals surface area contributed by atoms with E-state index in [9.17, 15) is 9.59 Å². The van der Waals surface area contributed by atoms with Gasteiger partial charge in [-0.2, -0.15) is 0 Å². The van der Waals surface area contributed by atoms with Crippen LogP contribution in [0.1, 0.15) is 10.5 Å². The van der Waals surface area contributed by atoms with Crippen molar-refractivity contribution in [2.24, 2.45) is 0 Å². The van der Waals surface area contributed by atoms with E-state index in [1.165, 1.54) is 0 Å². The Bertz CT molecular complexity index is 318. The fourth-order valence-corrected chi connectivity index (χ4v) is 0.954. The number of carbonyl (C=O) groups is 2. The molecule has 1 aromatic rings. The number of Topliss-reactive ketones (excluding diaryl/α,β-unsaturated/α-hetero) is 1. The van der Waals surface area contributed by atoms with Gasteiger partial charge >= 0.3 is 0 Å². The van der Waals surface area contributed by atoms with Crippen LogP contribution in [0.3, 0.4) is 0 Å². The Labute approximate surface area is 68.4 Å². The van der Waals surface area contributed by atoms with Crippen molar-refractivity contribution in [2.45, 2.75) is 0 Å². The van der Waals surface area contributed by atoms with Crippen LogP contribution in [0.2, 0.25) is 0 Å². The summed E-state index contributed by atoms with van der Waals surface area (Å²) in [5.41, 5.74) is 0.944. The molecule has 4 nitrogen and oxygen atoms in total. The van der Waals surface area contributed by atoms with Crippen LogP contribution >= 0.6 is 12.4 Å². The van der Waals surface area contributed by atoms with Crippen LogP contribution < -0.4 is 5.32 Å². The number of halogens is 1. The second-order valence-electron chi connectivity index (χ2n) is 2.05. The third-order valence-corrected chi connectivity index (χ3v) is 1.43. The van der Waals surface area contributed by atoms with Crippen molar-refractivity contribution in [2.75, 3.05) is 5.32 Å². The van der Waals surface area contributed by atoms with Crippen molar-refractivity contribution in [3.8, 4) is 0 Å². The number of aromatic nitrogens is 1. The maximum atomic E-state index is 10.8. The molecule has 1 aliphatic rings. The molecule has 0 fully saturated rings. The van der Waals surface area contributed by atoms with Gasteiger partial charge < -0.3 is 10.3 Å². The standard InChI is InChI=1S/C6H4N2O2.ClH/c9-5-4-3(1-2-7-4)8-6(5)10;/h1-2,7H,(H,8,9,10);1H. The summed E-state index contributed by atoms with van der Waals surface area (Å²) in [6, 6.07) is 1.65. The zero-order chi connectivity index (χ0) is 7.14. The molecule has 0 spiro atoms. The van der Waals surface area contributed by atoms with Gasteiger partial charge in [0, 0.05) is 6.20 Å². The minimum Gasteiger partial charge on any atom is -0.357 e. The molecule has 1 aromatic heterocycles. The molecule has 0 aliphatic carbocycles. The largest absolute Gasteiger partial charge is 0.357 e. The molecular weight excluding hydrogens is 168 g/mol. The van der Waals surface area contributed by atoms with Gasteiger partial charge in [-0.3, -0.25) is 9.59 Å². The maximum Gasteiger partial charge on any atom is 0.298 e. The summed E-state index contributed by atoms with van der Waals surface area (Å²) in [6.07, 6.45) is 1.61. The van der Waals surface area contributed by atoms with Crippen molar-refractivity contribution in [3.05, 3.63) is 18.0 Å². The molecule has 2 heterocycles. The number of aromatic amines is 1. The van der Waals surface area contributed by atoms with Gasteiger partial charge in [-0.25, -0.2) is 0 Å². The Morgan fingerprint density at radius 2 is 2.00 bits per heavy atom. The summed E-state index contributed by atoms with van der Waals surface area (Å²) < 4.78 is 0. The van der Waals surface area contributed by atoms with Gasteiger partial charge in [0.05, 0.1) is 5.69 Å². The number of ketones is 1. The van der Waals surface area contributed by atoms with E-state index in [4.69, 9.17) is 0 Å². The smallest absolute Gasteiger partial charge is 0.298 e. The first-order valence-corrected chi connectivity index (χ1v) is 2.82. The molecule has 0 saturated carbocycles. The zero-order valence-electron chi connectivity index (χ0n) is 5.38. The lowest BCUT2D eigenvalue weighted by atomic mass is 10.3. The summed E-state index contributed by atoms with van der Waals surface area (Å²) in [4.78, 5) is 24.1. The molecule has 1 amide bonds. The highest BCUT2D eigenvalue weighted by Gasteiger charge is 2.28. The first-order chi connectivity index (χ1) is 4.79. The second-order valence-corrected chi connectivity index (χ2v) is 2.05. The number of fused-ring (bicyclic) bond motifs is 1. The Morgan fingerprint density at radius 3 is 2.64 bits per heavy atom. The lowest BCUT2D eigenvalue weighted by molar-refractivity contribution is -0.112. The Balaban J connectivity index is 0.000000605. The second kappa shape index (κ2) is 2.39. The third-order valence-electron chi connectivity index (χ3n) is 1.43. The van der Waals surface area contributed by atoms with Crippen LogP contribution in [0.5, 0.6) is 0 Å². The molecule has 0 bridgehead atoms. The first-order valence-electron chi connectivity index (χ1n) is 2.82. The van der Waals surface area contributed by atoms with Gasteiger partial charge in [0.15, 0.2) is 0 Å². The Morgan fingerprint density at radius 1 is 1.27 bits per heavy atom. The van der Waals surface area contributed by atoms with Crippen molar-refractivity contribution in [1.29, 1.82) is 0 Å². The van der Waals surface area contributed by atoms with Crippen LogP contribution in [-0.4, -0.2) is 16.7 Å². The molecule has 5 heteroatoms. The average Bonchev–Trinajstić information content (AvgIpc) is 2.41. The highest BCUT2D eigenvalue weighted by atomic mass is 35.5. The average molecular weight is 173 g/mol. The van der Waals surface area contributed by atoms with Crippen LogP contribution in [0, 0.1) is 0 Å². The fourth-order valence-electron chi connectivity index (χ4n) is 0.954. The van der Waals surface area contributed by atoms with Gasteiger partial charge in [-0.1, -0.05) is 0 Å². The normalized spacial score (nSPS) is 13.8. The van der Waals surface area contributed by atoms with E-state index in [0.717, 1.165) is 0 Å². The molecule has 0 aromatic carbocycles. The van der Waals surface area contributed by atoms with Gasteiger partial charge in [-0.05, 0) is 6.07 Å². The monoisotopic (exact) mass is 172 g/mol. The molecule has 0 saturated heterocycles. The van der Waals surface area contributed by atoms with Crippen molar-refractivity contribution < 1.29 is 9.59 Å². The van der Waals surface area contributed by atoms with E-state index < -0.39 is 11.7 Å². The van der Waals surface area contributed by atoms with E-state index in [1.807, 2.05) is 0 Å². The number of carbonyl (C=O) groups excluding carboxylic acids is 2. The maximum absolute atomic E-state index is 10.8. The van der Waals surface area contributed by atoms with Crippen molar-refractivity contribution >= 4 is 29.8 Å². The highest BCUT2D eigenvalue weighted by molar-refractivity contribution is 6.51. The summed E-state index contributed by atoms with van der Waals surface area (Å²) in [6.45, 7) is 0. The van der Waals surface area contributed by atoms with E-state index in [0.29, 0.717) is 11.4 Å². The number of H-pyrrole nitrogens is 1. The Hall–Kier alpha value is -1.29. The molecule has 0 unspecified atom stereocenters. The molecule has 0 radical (unpaired) electrons. The van der Waals surface area contributed by atoms with Crippen LogP contribution in [0.15, 0.2) is 12.3 Å². The summed E-state index contributed by atoms with van der Waals surface area (Å²) in [7, 11) is 0. The van der Waals surface area contributed by atoms with E-state index in [2.05, 4.69) is 10.3 Å². The van der Waals surface area contributed by atoms with E-state index in [-0.39, 0.29) is 12.4 Å². The van der Waals surface area contributed by atoms with Gasteiger partial charge in [-0.15, -0.1) is 12.4 Å². The number of hydrogen-bond acceptors (Lipinski definition) is 2. The van der Waals surface area contributed by atoms with E-state index in [1.54, 1.807) is 12.3 Å². The quantitative estimate of drug-likeness (QED) is 0.562. The molecule has 11 heavy (non-hydrogen) atoms. The number of nitrogens with one attached hydrogen (secondary N) is 2. The van der Waals surface area contributed by atoms with Gasteiger partial charge in [0.1, 0.15) is 5.69 Å². The lowest BCUT2D eigenvalue weighted by Crippen LogP contribution is -2.13. The zero-order valence-corrected chi connectivity index (χ0v) is 6.20. The van der Waals surface area contributed by atoms with Gasteiger partial charge in [0.25, 0.3) is 11.7 Å². The molecule has 58 valence electrons. The third kappa shape index (κ3) is 0.914. The minimum absolute atomic E-state index is 0. The summed E-state index contributed by atoms with van der Waals surface area (Å²) >= 11 is 0. The number of anilines is 1. The predicted molar refractivity (Wildman–Crippen MR) is 41.0 cm³/mol. The van der Waals surface area contributed by atoms with Crippen LogP contribution in [0.4, 0.5) is 5.69 Å². The van der Waals surface area contributed by atoms with E-state index >= 15 is 0 Å². The minimum atomic E-state index is -0.554. The van der Waals surface area contributed by atoms with Crippen molar-refractivity contribution in [1.82, 2.24) is 4.98 Å². The number of hydrogen-bond donors (Lipinski definition) is 2. The number of amides is 1. The lowest BCUT2D eigenvalue weighted by Gasteiger charge is -1.83. The predicted octanol–water partition coefficient (Wildman–Crippen LogP) is 0.571. The van der Waals surface area contributed by atoms with Crippen LogP contribution in [0.25, 0.3) is 0 Å².